The van der Waals surface area contributed by atoms with E-state index in [2.05, 4.69) is 0 Å². The van der Waals surface area contributed by atoms with Gasteiger partial charge < -0.3 is 10.1 Å². The van der Waals surface area contributed by atoms with Crippen LogP contribution in [0.15, 0.2) is 36.4 Å². The van der Waals surface area contributed by atoms with E-state index in [1.807, 2.05) is 27.9 Å². The fraction of sp³-hybridized carbons (Fsp3) is 0.125. The Hall–Kier alpha value is -2.10. The number of benzene rings is 2. The van der Waals surface area contributed by atoms with Crippen molar-refractivity contribution in [1.82, 2.24) is 0 Å². The number of nitrogens with one attached hydrogen (secondary N) is 1. The van der Waals surface area contributed by atoms with E-state index in [0.717, 1.165) is 9.64 Å². The number of hydrogen-bond acceptors (Lipinski definition) is 3. The fourth-order valence-corrected chi connectivity index (χ4v) is 2.30. The first-order valence-electron chi connectivity index (χ1n) is 6.70. The van der Waals surface area contributed by atoms with Crippen LogP contribution in [-0.2, 0) is 9.53 Å². The van der Waals surface area contributed by atoms with Crippen molar-refractivity contribution in [3.8, 4) is 0 Å². The van der Waals surface area contributed by atoms with Crippen LogP contribution in [0.3, 0.4) is 0 Å². The number of carbonyl (C=O) groups excluding carboxylic acids is 2. The second kappa shape index (κ2) is 7.65. The van der Waals surface area contributed by atoms with E-state index >= 15 is 0 Å². The second-order valence-electron chi connectivity index (χ2n) is 4.77. The highest BCUT2D eigenvalue weighted by Gasteiger charge is 2.22. The van der Waals surface area contributed by atoms with Gasteiger partial charge in [0.05, 0.1) is 11.3 Å². The average Bonchev–Trinajstić information content (AvgIpc) is 2.55. The zero-order valence-corrected chi connectivity index (χ0v) is 14.4. The molecule has 0 heterocycles. The Morgan fingerprint density at radius 1 is 1.12 bits per heavy atom. The molecule has 1 N–H and O–H groups in total. The molecule has 0 saturated heterocycles. The van der Waals surface area contributed by atoms with Gasteiger partial charge in [-0.1, -0.05) is 6.07 Å². The molecule has 0 fully saturated rings. The van der Waals surface area contributed by atoms with Crippen LogP contribution in [-0.4, -0.2) is 18.0 Å². The van der Waals surface area contributed by atoms with E-state index < -0.39 is 41.1 Å². The van der Waals surface area contributed by atoms with Gasteiger partial charge in [0.25, 0.3) is 5.91 Å². The average molecular weight is 449 g/mol. The van der Waals surface area contributed by atoms with Gasteiger partial charge >= 0.3 is 5.97 Å². The summed E-state index contributed by atoms with van der Waals surface area (Å²) in [5.74, 6) is -6.21. The second-order valence-corrected chi connectivity index (χ2v) is 6.02. The highest BCUT2D eigenvalue weighted by atomic mass is 127. The number of carbonyl (C=O) groups is 2. The number of halogens is 4. The third kappa shape index (κ3) is 4.25. The molecule has 0 radical (unpaired) electrons. The number of esters is 1. The first-order chi connectivity index (χ1) is 11.3. The predicted molar refractivity (Wildman–Crippen MR) is 89.0 cm³/mol. The normalized spacial score (nSPS) is 11.7. The molecular weight excluding hydrogens is 438 g/mol. The molecule has 0 aliphatic rings. The van der Waals surface area contributed by atoms with Crippen LogP contribution in [0, 0.1) is 21.0 Å². The minimum absolute atomic E-state index is 0.251. The van der Waals surface area contributed by atoms with Gasteiger partial charge in [-0.15, -0.1) is 0 Å². The molecule has 24 heavy (non-hydrogen) atoms. The van der Waals surface area contributed by atoms with Crippen molar-refractivity contribution in [2.75, 3.05) is 5.32 Å². The predicted octanol–water partition coefficient (Wildman–Crippen LogP) is 3.89. The van der Waals surface area contributed by atoms with E-state index in [-0.39, 0.29) is 5.56 Å². The number of ether oxygens (including phenoxy) is 1. The molecule has 1 atom stereocenters. The Labute approximate surface area is 149 Å². The number of hydrogen-bond donors (Lipinski definition) is 1. The van der Waals surface area contributed by atoms with Crippen molar-refractivity contribution in [2.45, 2.75) is 13.0 Å². The lowest BCUT2D eigenvalue weighted by Gasteiger charge is -2.14. The van der Waals surface area contributed by atoms with E-state index in [1.165, 1.54) is 13.0 Å². The van der Waals surface area contributed by atoms with Crippen LogP contribution in [0.4, 0.5) is 18.9 Å². The lowest BCUT2D eigenvalue weighted by Crippen LogP contribution is -2.30. The van der Waals surface area contributed by atoms with Crippen molar-refractivity contribution in [1.29, 1.82) is 0 Å². The minimum Gasteiger partial charge on any atom is -0.449 e. The largest absolute Gasteiger partial charge is 0.449 e. The molecule has 8 heteroatoms. The summed E-state index contributed by atoms with van der Waals surface area (Å²) in [6.07, 6.45) is -1.26. The van der Waals surface area contributed by atoms with E-state index in [1.54, 1.807) is 18.2 Å². The summed E-state index contributed by atoms with van der Waals surface area (Å²) < 4.78 is 45.3. The smallest absolute Gasteiger partial charge is 0.338 e. The van der Waals surface area contributed by atoms with E-state index in [0.29, 0.717) is 6.07 Å². The molecule has 126 valence electrons. The maximum atomic E-state index is 13.5. The number of amides is 1. The molecule has 1 unspecified atom stereocenters. The van der Waals surface area contributed by atoms with Gasteiger partial charge in [-0.25, -0.2) is 18.0 Å². The molecule has 0 aromatic heterocycles. The zero-order chi connectivity index (χ0) is 17.9. The lowest BCUT2D eigenvalue weighted by molar-refractivity contribution is -0.123. The van der Waals surface area contributed by atoms with Gasteiger partial charge in [0.1, 0.15) is 0 Å². The summed E-state index contributed by atoms with van der Waals surface area (Å²) in [5.41, 5.74) is -0.295. The number of rotatable bonds is 4. The van der Waals surface area contributed by atoms with Crippen LogP contribution < -0.4 is 5.32 Å². The highest BCUT2D eigenvalue weighted by molar-refractivity contribution is 14.1. The Bertz CT molecular complexity index is 798. The highest BCUT2D eigenvalue weighted by Crippen LogP contribution is 2.20. The van der Waals surface area contributed by atoms with Crippen LogP contribution in [0.1, 0.15) is 17.3 Å². The SMILES string of the molecule is CC(OC(=O)c1cccc(I)c1)C(=O)Nc1ccc(F)c(F)c1F. The van der Waals surface area contributed by atoms with E-state index in [4.69, 9.17) is 4.74 Å². The van der Waals surface area contributed by atoms with Crippen molar-refractivity contribution < 1.29 is 27.5 Å². The van der Waals surface area contributed by atoms with Crippen molar-refractivity contribution in [2.24, 2.45) is 0 Å². The lowest BCUT2D eigenvalue weighted by atomic mass is 10.2. The summed E-state index contributed by atoms with van der Waals surface area (Å²) in [7, 11) is 0. The summed E-state index contributed by atoms with van der Waals surface area (Å²) in [4.78, 5) is 23.9. The monoisotopic (exact) mass is 449 g/mol. The summed E-state index contributed by atoms with van der Waals surface area (Å²) in [5, 5.41) is 2.05. The number of anilines is 1. The fourth-order valence-electron chi connectivity index (χ4n) is 1.75. The topological polar surface area (TPSA) is 55.4 Å². The molecule has 0 bridgehead atoms. The maximum absolute atomic E-state index is 13.5. The Morgan fingerprint density at radius 3 is 2.50 bits per heavy atom. The van der Waals surface area contributed by atoms with E-state index in [9.17, 15) is 22.8 Å². The third-order valence-electron chi connectivity index (χ3n) is 3.01. The molecule has 2 aromatic rings. The van der Waals surface area contributed by atoms with Crippen LogP contribution in [0.2, 0.25) is 0 Å². The Kier molecular flexibility index (Phi) is 5.81. The van der Waals surface area contributed by atoms with Gasteiger partial charge in [0.2, 0.25) is 0 Å². The summed E-state index contributed by atoms with van der Waals surface area (Å²) >= 11 is 2.02. The van der Waals surface area contributed by atoms with Crippen molar-refractivity contribution in [3.63, 3.8) is 0 Å². The van der Waals surface area contributed by atoms with Gasteiger partial charge in [-0.3, -0.25) is 4.79 Å². The molecule has 0 saturated carbocycles. The molecule has 2 aromatic carbocycles. The standard InChI is InChI=1S/C16H11F3INO3/c1-8(24-16(23)9-3-2-4-10(20)7-9)15(22)21-12-6-5-11(17)13(18)14(12)19/h2-8H,1H3,(H,21,22). The molecule has 2 rings (SSSR count). The Morgan fingerprint density at radius 2 is 1.83 bits per heavy atom. The Balaban J connectivity index is 2.05. The molecular formula is C16H11F3INO3. The van der Waals surface area contributed by atoms with Gasteiger partial charge in [-0.05, 0) is 59.8 Å². The van der Waals surface area contributed by atoms with Crippen LogP contribution in [0.5, 0.6) is 0 Å². The zero-order valence-electron chi connectivity index (χ0n) is 12.3. The summed E-state index contributed by atoms with van der Waals surface area (Å²) in [6, 6.07) is 8.07. The molecule has 0 spiro atoms. The first-order valence-corrected chi connectivity index (χ1v) is 7.78. The molecule has 0 aliphatic heterocycles. The first kappa shape index (κ1) is 18.2. The molecule has 4 nitrogen and oxygen atoms in total. The third-order valence-corrected chi connectivity index (χ3v) is 3.68. The van der Waals surface area contributed by atoms with Crippen LogP contribution >= 0.6 is 22.6 Å². The molecule has 1 amide bonds. The quantitative estimate of drug-likeness (QED) is 0.438. The van der Waals surface area contributed by atoms with Crippen molar-refractivity contribution >= 4 is 40.2 Å². The van der Waals surface area contributed by atoms with Gasteiger partial charge in [0, 0.05) is 3.57 Å². The molecule has 0 aliphatic carbocycles. The van der Waals surface area contributed by atoms with Crippen LogP contribution in [0.25, 0.3) is 0 Å². The van der Waals surface area contributed by atoms with Gasteiger partial charge in [0.15, 0.2) is 23.6 Å². The van der Waals surface area contributed by atoms with Gasteiger partial charge in [-0.2, -0.15) is 0 Å². The minimum atomic E-state index is -1.70. The maximum Gasteiger partial charge on any atom is 0.338 e. The van der Waals surface area contributed by atoms with Crippen molar-refractivity contribution in [3.05, 3.63) is 63.0 Å². The summed E-state index contributed by atoms with van der Waals surface area (Å²) in [6.45, 7) is 1.28.